The van der Waals surface area contributed by atoms with Gasteiger partial charge in [-0.25, -0.2) is 0 Å². The van der Waals surface area contributed by atoms with Gasteiger partial charge in [0.05, 0.1) is 0 Å². The van der Waals surface area contributed by atoms with E-state index in [1.165, 1.54) is 0 Å². The minimum Gasteiger partial charge on any atom is -0.508 e. The van der Waals surface area contributed by atoms with Crippen LogP contribution in [0.5, 0.6) is 5.75 Å². The highest BCUT2D eigenvalue weighted by Crippen LogP contribution is 2.33. The Morgan fingerprint density at radius 3 is 2.82 bits per heavy atom. The smallest absolute Gasteiger partial charge is 0.320 e. The minimum absolute atomic E-state index is 0.0696. The van der Waals surface area contributed by atoms with Crippen LogP contribution in [0.25, 0.3) is 0 Å². The summed E-state index contributed by atoms with van der Waals surface area (Å²) in [6, 6.07) is 6.61. The van der Waals surface area contributed by atoms with Gasteiger partial charge in [0.2, 0.25) is 0 Å². The summed E-state index contributed by atoms with van der Waals surface area (Å²) in [6.45, 7) is 2.71. The maximum Gasteiger partial charge on any atom is 0.320 e. The number of para-hydroxylation sites is 1. The van der Waals surface area contributed by atoms with Crippen molar-refractivity contribution < 1.29 is 15.0 Å². The van der Waals surface area contributed by atoms with Gasteiger partial charge in [-0.1, -0.05) is 18.2 Å². The van der Waals surface area contributed by atoms with Crippen LogP contribution in [-0.2, 0) is 4.79 Å². The van der Waals surface area contributed by atoms with Crippen LogP contribution in [0.15, 0.2) is 24.3 Å². The monoisotopic (exact) mass is 235 g/mol. The van der Waals surface area contributed by atoms with E-state index in [9.17, 15) is 9.90 Å². The van der Waals surface area contributed by atoms with E-state index in [2.05, 4.69) is 0 Å². The average Bonchev–Trinajstić information content (AvgIpc) is 2.77. The molecule has 1 fully saturated rings. The van der Waals surface area contributed by atoms with Gasteiger partial charge in [-0.2, -0.15) is 0 Å². The number of hydrogen-bond donors (Lipinski definition) is 2. The van der Waals surface area contributed by atoms with E-state index in [0.29, 0.717) is 6.42 Å². The fourth-order valence-electron chi connectivity index (χ4n) is 2.54. The molecule has 0 radical (unpaired) electrons. The molecule has 1 aromatic carbocycles. The van der Waals surface area contributed by atoms with Crippen LogP contribution in [0.3, 0.4) is 0 Å². The van der Waals surface area contributed by atoms with E-state index in [1.54, 1.807) is 12.1 Å². The van der Waals surface area contributed by atoms with Gasteiger partial charge in [-0.05, 0) is 32.4 Å². The molecule has 2 rings (SSSR count). The molecule has 0 spiro atoms. The average molecular weight is 235 g/mol. The molecule has 1 aliphatic rings. The molecule has 4 heteroatoms. The standard InChI is InChI=1S/C13H17NO3/c1-9(10-5-2-3-7-12(10)15)14-8-4-6-11(14)13(16)17/h2-3,5,7,9,11,15H,4,6,8H2,1H3,(H,16,17). The molecule has 4 nitrogen and oxygen atoms in total. The first-order chi connectivity index (χ1) is 8.11. The van der Waals surface area contributed by atoms with Crippen molar-refractivity contribution in [3.63, 3.8) is 0 Å². The fourth-order valence-corrected chi connectivity index (χ4v) is 2.54. The first kappa shape index (κ1) is 11.9. The maximum absolute atomic E-state index is 11.1. The lowest BCUT2D eigenvalue weighted by Crippen LogP contribution is -2.37. The van der Waals surface area contributed by atoms with Gasteiger partial charge in [0.25, 0.3) is 0 Å². The van der Waals surface area contributed by atoms with E-state index in [1.807, 2.05) is 24.0 Å². The van der Waals surface area contributed by atoms with Crippen molar-refractivity contribution in [3.8, 4) is 5.75 Å². The minimum atomic E-state index is -0.773. The Hall–Kier alpha value is -1.55. The number of carboxylic acids is 1. The number of nitrogens with zero attached hydrogens (tertiary/aromatic N) is 1. The molecule has 1 aromatic rings. The van der Waals surface area contributed by atoms with Crippen molar-refractivity contribution in [2.24, 2.45) is 0 Å². The second-order valence-electron chi connectivity index (χ2n) is 4.47. The van der Waals surface area contributed by atoms with Gasteiger partial charge in [-0.3, -0.25) is 9.69 Å². The van der Waals surface area contributed by atoms with Crippen molar-refractivity contribution >= 4 is 5.97 Å². The highest BCUT2D eigenvalue weighted by Gasteiger charge is 2.34. The van der Waals surface area contributed by atoms with E-state index in [0.717, 1.165) is 18.5 Å². The Morgan fingerprint density at radius 1 is 1.47 bits per heavy atom. The van der Waals surface area contributed by atoms with Crippen LogP contribution >= 0.6 is 0 Å². The largest absolute Gasteiger partial charge is 0.508 e. The Kier molecular flexibility index (Phi) is 3.33. The summed E-state index contributed by atoms with van der Waals surface area (Å²) in [7, 11) is 0. The lowest BCUT2D eigenvalue weighted by molar-refractivity contribution is -0.142. The molecule has 92 valence electrons. The molecular formula is C13H17NO3. The van der Waals surface area contributed by atoms with E-state index < -0.39 is 12.0 Å². The van der Waals surface area contributed by atoms with Gasteiger partial charge in [-0.15, -0.1) is 0 Å². The molecule has 17 heavy (non-hydrogen) atoms. The van der Waals surface area contributed by atoms with Gasteiger partial charge in [0, 0.05) is 11.6 Å². The van der Waals surface area contributed by atoms with Crippen molar-refractivity contribution in [3.05, 3.63) is 29.8 Å². The maximum atomic E-state index is 11.1. The van der Waals surface area contributed by atoms with Crippen LogP contribution in [0.1, 0.15) is 31.4 Å². The molecule has 1 aliphatic heterocycles. The first-order valence-electron chi connectivity index (χ1n) is 5.87. The third kappa shape index (κ3) is 2.26. The summed E-state index contributed by atoms with van der Waals surface area (Å²) in [6.07, 6.45) is 1.59. The third-order valence-electron chi connectivity index (χ3n) is 3.46. The van der Waals surface area contributed by atoms with Crippen molar-refractivity contribution in [2.45, 2.75) is 31.8 Å². The van der Waals surface area contributed by atoms with Crippen LogP contribution in [-0.4, -0.2) is 33.7 Å². The molecule has 0 amide bonds. The normalized spacial score (nSPS) is 22.5. The number of phenols is 1. The number of carboxylic acid groups (broad SMARTS) is 1. The van der Waals surface area contributed by atoms with Gasteiger partial charge in [0.1, 0.15) is 11.8 Å². The number of carbonyl (C=O) groups is 1. The Morgan fingerprint density at radius 2 is 2.18 bits per heavy atom. The fraction of sp³-hybridized carbons (Fsp3) is 0.462. The molecule has 1 saturated heterocycles. The van der Waals surface area contributed by atoms with Crippen LogP contribution in [0.4, 0.5) is 0 Å². The number of hydrogen-bond acceptors (Lipinski definition) is 3. The van der Waals surface area contributed by atoms with E-state index >= 15 is 0 Å². The quantitative estimate of drug-likeness (QED) is 0.841. The van der Waals surface area contributed by atoms with Crippen LogP contribution < -0.4 is 0 Å². The predicted octanol–water partition coefficient (Wildman–Crippen LogP) is 2.00. The molecule has 2 atom stereocenters. The van der Waals surface area contributed by atoms with Crippen molar-refractivity contribution in [1.29, 1.82) is 0 Å². The molecule has 0 saturated carbocycles. The molecule has 2 N–H and O–H groups in total. The van der Waals surface area contributed by atoms with E-state index in [-0.39, 0.29) is 11.8 Å². The summed E-state index contributed by atoms with van der Waals surface area (Å²) >= 11 is 0. The summed E-state index contributed by atoms with van der Waals surface area (Å²) in [4.78, 5) is 13.1. The number of phenolic OH excluding ortho intramolecular Hbond substituents is 1. The molecule has 1 heterocycles. The lowest BCUT2D eigenvalue weighted by Gasteiger charge is -2.28. The third-order valence-corrected chi connectivity index (χ3v) is 3.46. The zero-order valence-corrected chi connectivity index (χ0v) is 9.84. The van der Waals surface area contributed by atoms with Gasteiger partial charge >= 0.3 is 5.97 Å². The molecular weight excluding hydrogens is 218 g/mol. The zero-order chi connectivity index (χ0) is 12.4. The molecule has 0 bridgehead atoms. The lowest BCUT2D eigenvalue weighted by atomic mass is 10.0. The number of aliphatic carboxylic acids is 1. The Bertz CT molecular complexity index is 419. The summed E-state index contributed by atoms with van der Waals surface area (Å²) < 4.78 is 0. The number of benzene rings is 1. The Labute approximate surface area is 100 Å². The number of aromatic hydroxyl groups is 1. The number of likely N-dealkylation sites (tertiary alicyclic amines) is 1. The van der Waals surface area contributed by atoms with Gasteiger partial charge < -0.3 is 10.2 Å². The first-order valence-corrected chi connectivity index (χ1v) is 5.87. The second-order valence-corrected chi connectivity index (χ2v) is 4.47. The number of rotatable bonds is 3. The Balaban J connectivity index is 2.23. The summed E-state index contributed by atoms with van der Waals surface area (Å²) in [5.41, 5.74) is 0.792. The topological polar surface area (TPSA) is 60.8 Å². The van der Waals surface area contributed by atoms with Crippen molar-refractivity contribution in [2.75, 3.05) is 6.54 Å². The highest BCUT2D eigenvalue weighted by molar-refractivity contribution is 5.74. The summed E-state index contributed by atoms with van der Waals surface area (Å²) in [5.74, 6) is -0.541. The SMILES string of the molecule is CC(c1ccccc1O)N1CCCC1C(=O)O. The van der Waals surface area contributed by atoms with Crippen LogP contribution in [0.2, 0.25) is 0 Å². The predicted molar refractivity (Wildman–Crippen MR) is 63.9 cm³/mol. The zero-order valence-electron chi connectivity index (χ0n) is 9.84. The molecule has 0 aromatic heterocycles. The highest BCUT2D eigenvalue weighted by atomic mass is 16.4. The molecule has 2 unspecified atom stereocenters. The van der Waals surface area contributed by atoms with Crippen LogP contribution in [0, 0.1) is 0 Å². The second kappa shape index (κ2) is 4.75. The van der Waals surface area contributed by atoms with Gasteiger partial charge in [0.15, 0.2) is 0 Å². The van der Waals surface area contributed by atoms with Crippen molar-refractivity contribution in [1.82, 2.24) is 4.90 Å². The van der Waals surface area contributed by atoms with E-state index in [4.69, 9.17) is 5.11 Å². The summed E-state index contributed by atoms with van der Waals surface area (Å²) in [5, 5.41) is 18.9. The molecule has 0 aliphatic carbocycles.